The van der Waals surface area contributed by atoms with Gasteiger partial charge < -0.3 is 9.47 Å². The number of fused-ring (bicyclic) bond motifs is 1. The molecule has 0 unspecified atom stereocenters. The van der Waals surface area contributed by atoms with Crippen LogP contribution in [0.3, 0.4) is 0 Å². The molecule has 1 saturated heterocycles. The van der Waals surface area contributed by atoms with E-state index in [-0.39, 0.29) is 23.5 Å². The maximum atomic E-state index is 13.1. The van der Waals surface area contributed by atoms with Crippen molar-refractivity contribution in [2.75, 3.05) is 31.1 Å². The summed E-state index contributed by atoms with van der Waals surface area (Å²) >= 11 is 5.96. The van der Waals surface area contributed by atoms with Crippen LogP contribution in [0.1, 0.15) is 12.5 Å². The van der Waals surface area contributed by atoms with Crippen molar-refractivity contribution in [3.63, 3.8) is 0 Å². The fourth-order valence-electron chi connectivity index (χ4n) is 3.77. The van der Waals surface area contributed by atoms with Gasteiger partial charge >= 0.3 is 0 Å². The predicted octanol–water partition coefficient (Wildman–Crippen LogP) is 2.28. The molecule has 0 saturated carbocycles. The molecule has 0 atom stereocenters. The van der Waals surface area contributed by atoms with Crippen molar-refractivity contribution in [3.05, 3.63) is 57.6 Å². The molecule has 0 N–H and O–H groups in total. The summed E-state index contributed by atoms with van der Waals surface area (Å²) in [4.78, 5) is 23.7. The van der Waals surface area contributed by atoms with E-state index in [1.165, 1.54) is 10.4 Å². The van der Waals surface area contributed by atoms with E-state index in [2.05, 4.69) is 9.97 Å². The van der Waals surface area contributed by atoms with Gasteiger partial charge in [0.25, 0.3) is 5.56 Å². The van der Waals surface area contributed by atoms with E-state index in [0.717, 1.165) is 0 Å². The molecular formula is C20H22ClN5O3S. The lowest BCUT2D eigenvalue weighted by atomic mass is 10.2. The van der Waals surface area contributed by atoms with Crippen molar-refractivity contribution < 1.29 is 8.42 Å². The maximum absolute atomic E-state index is 13.1. The van der Waals surface area contributed by atoms with Crippen molar-refractivity contribution >= 4 is 38.5 Å². The van der Waals surface area contributed by atoms with Crippen LogP contribution in [0.4, 0.5) is 5.82 Å². The number of hydrogen-bond donors (Lipinski definition) is 0. The van der Waals surface area contributed by atoms with Gasteiger partial charge in [0, 0.05) is 43.9 Å². The number of piperazine rings is 1. The minimum Gasteiger partial charge on any atom is -0.349 e. The molecule has 0 bridgehead atoms. The molecule has 0 spiro atoms. The minimum absolute atomic E-state index is 0.192. The van der Waals surface area contributed by atoms with Crippen LogP contribution in [0.25, 0.3) is 11.0 Å². The van der Waals surface area contributed by atoms with Gasteiger partial charge in [0.2, 0.25) is 10.0 Å². The van der Waals surface area contributed by atoms with Crippen molar-refractivity contribution in [2.45, 2.75) is 25.3 Å². The Bertz CT molecular complexity index is 1270. The molecule has 1 fully saturated rings. The van der Waals surface area contributed by atoms with Crippen LogP contribution in [0.2, 0.25) is 5.02 Å². The largest absolute Gasteiger partial charge is 0.349 e. The normalized spacial score (nSPS) is 15.6. The van der Waals surface area contributed by atoms with Crippen LogP contribution >= 0.6 is 11.6 Å². The zero-order valence-electron chi connectivity index (χ0n) is 16.7. The average Bonchev–Trinajstić information content (AvgIpc) is 2.73. The fraction of sp³-hybridized carbons (Fsp3) is 0.350. The summed E-state index contributed by atoms with van der Waals surface area (Å²) in [7, 11) is -3.64. The highest BCUT2D eigenvalue weighted by Gasteiger charge is 2.31. The summed E-state index contributed by atoms with van der Waals surface area (Å²) in [6.07, 6.45) is 3.28. The highest BCUT2D eigenvalue weighted by Crippen LogP contribution is 2.24. The number of aromatic nitrogens is 3. The molecule has 8 nitrogen and oxygen atoms in total. The van der Waals surface area contributed by atoms with Crippen molar-refractivity contribution in [2.24, 2.45) is 0 Å². The molecule has 1 aromatic carbocycles. The lowest BCUT2D eigenvalue weighted by Gasteiger charge is -2.34. The van der Waals surface area contributed by atoms with E-state index in [1.54, 1.807) is 42.1 Å². The van der Waals surface area contributed by atoms with Crippen LogP contribution in [0, 0.1) is 6.92 Å². The van der Waals surface area contributed by atoms with E-state index < -0.39 is 10.0 Å². The Kier molecular flexibility index (Phi) is 5.52. The van der Waals surface area contributed by atoms with E-state index in [1.807, 2.05) is 11.8 Å². The highest BCUT2D eigenvalue weighted by atomic mass is 35.5. The van der Waals surface area contributed by atoms with Crippen LogP contribution in [0.15, 0.2) is 46.3 Å². The Morgan fingerprint density at radius 3 is 2.53 bits per heavy atom. The summed E-state index contributed by atoms with van der Waals surface area (Å²) < 4.78 is 29.3. The zero-order chi connectivity index (χ0) is 21.5. The fourth-order valence-corrected chi connectivity index (χ4v) is 5.63. The SMILES string of the molecule is CCn1c(=O)c(N2CCN(S(=O)(=O)c3ccc(Cl)cc3C)CC2)nc2ccncc21. The number of benzene rings is 1. The molecule has 0 radical (unpaired) electrons. The molecule has 4 rings (SSSR count). The molecule has 3 aromatic rings. The lowest BCUT2D eigenvalue weighted by molar-refractivity contribution is 0.383. The van der Waals surface area contributed by atoms with Gasteiger partial charge in [-0.25, -0.2) is 13.4 Å². The highest BCUT2D eigenvalue weighted by molar-refractivity contribution is 7.89. The second-order valence-corrected chi connectivity index (χ2v) is 9.49. The number of pyridine rings is 1. The third-order valence-electron chi connectivity index (χ3n) is 5.34. The monoisotopic (exact) mass is 447 g/mol. The Hall–Kier alpha value is -2.49. The second-order valence-electron chi connectivity index (χ2n) is 7.15. The van der Waals surface area contributed by atoms with E-state index >= 15 is 0 Å². The van der Waals surface area contributed by atoms with Crippen molar-refractivity contribution in [3.8, 4) is 0 Å². The molecule has 30 heavy (non-hydrogen) atoms. The number of hydrogen-bond acceptors (Lipinski definition) is 6. The van der Waals surface area contributed by atoms with Gasteiger partial charge in [0.05, 0.1) is 22.1 Å². The van der Waals surface area contributed by atoms with Gasteiger partial charge in [-0.1, -0.05) is 11.6 Å². The van der Waals surface area contributed by atoms with Crippen LogP contribution in [-0.4, -0.2) is 53.4 Å². The first-order valence-electron chi connectivity index (χ1n) is 9.68. The molecule has 0 aliphatic carbocycles. The molecule has 3 heterocycles. The Morgan fingerprint density at radius 1 is 1.13 bits per heavy atom. The van der Waals surface area contributed by atoms with Crippen LogP contribution < -0.4 is 10.5 Å². The number of anilines is 1. The van der Waals surface area contributed by atoms with Gasteiger partial charge in [-0.2, -0.15) is 4.31 Å². The Labute approximate surface area is 179 Å². The standard InChI is InChI=1S/C20H22ClN5O3S/c1-3-26-17-13-22-7-6-16(17)23-19(20(26)27)24-8-10-25(11-9-24)30(28,29)18-5-4-15(21)12-14(18)2/h4-7,12-13H,3,8-11H2,1-2H3. The summed E-state index contributed by atoms with van der Waals surface area (Å²) in [5.41, 5.74) is 1.80. The first-order valence-corrected chi connectivity index (χ1v) is 11.5. The summed E-state index contributed by atoms with van der Waals surface area (Å²) in [5.74, 6) is 0.343. The van der Waals surface area contributed by atoms with Crippen LogP contribution in [-0.2, 0) is 16.6 Å². The number of rotatable bonds is 4. The van der Waals surface area contributed by atoms with Gasteiger partial charge in [-0.05, 0) is 43.7 Å². The molecule has 10 heteroatoms. The predicted molar refractivity (Wildman–Crippen MR) is 117 cm³/mol. The molecule has 0 amide bonds. The first kappa shape index (κ1) is 20.8. The molecule has 2 aromatic heterocycles. The third-order valence-corrected chi connectivity index (χ3v) is 7.63. The van der Waals surface area contributed by atoms with Crippen molar-refractivity contribution in [1.29, 1.82) is 0 Å². The van der Waals surface area contributed by atoms with Gasteiger partial charge in [0.15, 0.2) is 5.82 Å². The van der Waals surface area contributed by atoms with E-state index in [4.69, 9.17) is 11.6 Å². The quantitative estimate of drug-likeness (QED) is 0.609. The maximum Gasteiger partial charge on any atom is 0.294 e. The molecule has 1 aliphatic heterocycles. The zero-order valence-corrected chi connectivity index (χ0v) is 18.3. The molecular weight excluding hydrogens is 426 g/mol. The van der Waals surface area contributed by atoms with E-state index in [9.17, 15) is 13.2 Å². The Morgan fingerprint density at radius 2 is 1.87 bits per heavy atom. The number of aryl methyl sites for hydroxylation is 2. The number of sulfonamides is 1. The first-order chi connectivity index (χ1) is 14.3. The smallest absolute Gasteiger partial charge is 0.294 e. The average molecular weight is 448 g/mol. The topological polar surface area (TPSA) is 88.4 Å². The number of halogens is 1. The third kappa shape index (κ3) is 3.57. The molecule has 1 aliphatic rings. The minimum atomic E-state index is -3.64. The van der Waals surface area contributed by atoms with Crippen molar-refractivity contribution in [1.82, 2.24) is 18.8 Å². The van der Waals surface area contributed by atoms with Gasteiger partial charge in [-0.3, -0.25) is 9.78 Å². The van der Waals surface area contributed by atoms with Gasteiger partial charge in [-0.15, -0.1) is 0 Å². The second kappa shape index (κ2) is 7.98. The Balaban J connectivity index is 1.61. The summed E-state index contributed by atoms with van der Waals surface area (Å²) in [6.45, 7) is 5.44. The lowest BCUT2D eigenvalue weighted by Crippen LogP contribution is -2.50. The van der Waals surface area contributed by atoms with E-state index in [0.29, 0.717) is 47.1 Å². The van der Waals surface area contributed by atoms with Crippen LogP contribution in [0.5, 0.6) is 0 Å². The molecule has 158 valence electrons. The number of nitrogens with zero attached hydrogens (tertiary/aromatic N) is 5. The summed E-state index contributed by atoms with van der Waals surface area (Å²) in [5, 5.41) is 0.501. The van der Waals surface area contributed by atoms with Gasteiger partial charge in [0.1, 0.15) is 0 Å². The summed E-state index contributed by atoms with van der Waals surface area (Å²) in [6, 6.07) is 6.54.